The molecule has 29 heavy (non-hydrogen) atoms. The van der Waals surface area contributed by atoms with E-state index in [1.165, 1.54) is 5.56 Å². The number of hydrogen-bond donors (Lipinski definition) is 2. The molecule has 6 nitrogen and oxygen atoms in total. The summed E-state index contributed by atoms with van der Waals surface area (Å²) < 4.78 is 6.01. The lowest BCUT2D eigenvalue weighted by Gasteiger charge is -2.26. The van der Waals surface area contributed by atoms with Crippen molar-refractivity contribution < 1.29 is 9.53 Å². The van der Waals surface area contributed by atoms with Crippen LogP contribution in [0.25, 0.3) is 22.3 Å². The van der Waals surface area contributed by atoms with Crippen molar-refractivity contribution in [2.24, 2.45) is 0 Å². The number of aromatic amines is 1. The Morgan fingerprint density at radius 3 is 2.93 bits per heavy atom. The van der Waals surface area contributed by atoms with Crippen molar-refractivity contribution in [3.8, 4) is 17.1 Å². The zero-order valence-corrected chi connectivity index (χ0v) is 15.8. The maximum Gasteiger partial charge on any atom is 0.251 e. The van der Waals surface area contributed by atoms with Crippen molar-refractivity contribution in [2.45, 2.75) is 18.9 Å². The first-order valence-corrected chi connectivity index (χ1v) is 9.70. The fourth-order valence-corrected chi connectivity index (χ4v) is 3.69. The summed E-state index contributed by atoms with van der Waals surface area (Å²) >= 11 is 0. The summed E-state index contributed by atoms with van der Waals surface area (Å²) in [6, 6.07) is 19.3. The number of para-hydroxylation sites is 1. The minimum absolute atomic E-state index is 0.0180. The Labute approximate surface area is 167 Å². The highest BCUT2D eigenvalue weighted by atomic mass is 16.5. The molecule has 1 aliphatic rings. The van der Waals surface area contributed by atoms with Gasteiger partial charge in [-0.25, -0.2) is 0 Å². The minimum Gasteiger partial charge on any atom is -0.488 e. The zero-order chi connectivity index (χ0) is 19.6. The smallest absolute Gasteiger partial charge is 0.251 e. The van der Waals surface area contributed by atoms with Gasteiger partial charge in [-0.05, 0) is 54.8 Å². The van der Waals surface area contributed by atoms with E-state index in [9.17, 15) is 4.79 Å². The molecule has 1 unspecified atom stereocenters. The molecule has 1 amide bonds. The second-order valence-electron chi connectivity index (χ2n) is 7.14. The first-order valence-electron chi connectivity index (χ1n) is 9.70. The Hall–Kier alpha value is -3.67. The van der Waals surface area contributed by atoms with Crippen LogP contribution in [0.2, 0.25) is 0 Å². The molecular formula is C23H20N4O2. The number of aryl methyl sites for hydroxylation is 1. The SMILES string of the molecule is O=C(NCC1CCc2ccccc2O1)c1ccc2[nH]nc(-c3ccccn3)c2c1. The van der Waals surface area contributed by atoms with Crippen molar-refractivity contribution >= 4 is 16.8 Å². The lowest BCUT2D eigenvalue weighted by molar-refractivity contribution is 0.0918. The number of pyridine rings is 1. The van der Waals surface area contributed by atoms with Crippen LogP contribution in [0.3, 0.4) is 0 Å². The molecule has 0 saturated carbocycles. The molecule has 2 aromatic heterocycles. The van der Waals surface area contributed by atoms with Crippen LogP contribution in [0.5, 0.6) is 5.75 Å². The van der Waals surface area contributed by atoms with Crippen molar-refractivity contribution in [1.82, 2.24) is 20.5 Å². The van der Waals surface area contributed by atoms with Crippen LogP contribution in [0.4, 0.5) is 0 Å². The van der Waals surface area contributed by atoms with Gasteiger partial charge in [0.1, 0.15) is 17.5 Å². The number of H-pyrrole nitrogens is 1. The van der Waals surface area contributed by atoms with Crippen molar-refractivity contribution in [2.75, 3.05) is 6.54 Å². The minimum atomic E-state index is -0.123. The van der Waals surface area contributed by atoms with Gasteiger partial charge >= 0.3 is 0 Å². The van der Waals surface area contributed by atoms with Gasteiger partial charge in [0.05, 0.1) is 17.8 Å². The first-order chi connectivity index (χ1) is 14.3. The van der Waals surface area contributed by atoms with E-state index in [1.807, 2.05) is 48.5 Å². The predicted molar refractivity (Wildman–Crippen MR) is 111 cm³/mol. The van der Waals surface area contributed by atoms with Gasteiger partial charge in [-0.3, -0.25) is 14.9 Å². The molecule has 4 aromatic rings. The average molecular weight is 384 g/mol. The highest BCUT2D eigenvalue weighted by Gasteiger charge is 2.20. The predicted octanol–water partition coefficient (Wildman–Crippen LogP) is 3.75. The Bertz CT molecular complexity index is 1170. The van der Waals surface area contributed by atoms with Gasteiger partial charge in [-0.2, -0.15) is 5.10 Å². The maximum atomic E-state index is 12.7. The van der Waals surface area contributed by atoms with Crippen LogP contribution in [0.1, 0.15) is 22.3 Å². The van der Waals surface area contributed by atoms with Gasteiger partial charge in [0.15, 0.2) is 0 Å². The van der Waals surface area contributed by atoms with E-state index in [4.69, 9.17) is 4.74 Å². The van der Waals surface area contributed by atoms with Gasteiger partial charge in [-0.1, -0.05) is 24.3 Å². The summed E-state index contributed by atoms with van der Waals surface area (Å²) in [6.07, 6.45) is 3.57. The monoisotopic (exact) mass is 384 g/mol. The molecule has 0 bridgehead atoms. The number of amides is 1. The fraction of sp³-hybridized carbons (Fsp3) is 0.174. The Morgan fingerprint density at radius 1 is 1.14 bits per heavy atom. The topological polar surface area (TPSA) is 79.9 Å². The van der Waals surface area contributed by atoms with Gasteiger partial charge in [0.25, 0.3) is 5.91 Å². The van der Waals surface area contributed by atoms with Crippen molar-refractivity contribution in [3.05, 3.63) is 78.0 Å². The maximum absolute atomic E-state index is 12.7. The molecule has 2 N–H and O–H groups in total. The number of fused-ring (bicyclic) bond motifs is 2. The van der Waals surface area contributed by atoms with Crippen LogP contribution in [-0.4, -0.2) is 33.7 Å². The number of rotatable bonds is 4. The Kier molecular flexibility index (Phi) is 4.44. The molecule has 2 aromatic carbocycles. The summed E-state index contributed by atoms with van der Waals surface area (Å²) in [4.78, 5) is 17.1. The van der Waals surface area contributed by atoms with Crippen LogP contribution in [-0.2, 0) is 6.42 Å². The molecule has 6 heteroatoms. The van der Waals surface area contributed by atoms with E-state index in [0.29, 0.717) is 12.1 Å². The highest BCUT2D eigenvalue weighted by molar-refractivity contribution is 6.01. The number of carbonyl (C=O) groups is 1. The number of aromatic nitrogens is 3. The molecule has 0 spiro atoms. The lowest BCUT2D eigenvalue weighted by atomic mass is 10.0. The first kappa shape index (κ1) is 17.4. The molecule has 0 fully saturated rings. The molecule has 5 rings (SSSR count). The molecule has 1 aliphatic heterocycles. The summed E-state index contributed by atoms with van der Waals surface area (Å²) in [5, 5.41) is 11.3. The van der Waals surface area contributed by atoms with Crippen LogP contribution in [0.15, 0.2) is 66.9 Å². The van der Waals surface area contributed by atoms with E-state index in [0.717, 1.165) is 40.9 Å². The van der Waals surface area contributed by atoms with E-state index in [-0.39, 0.29) is 12.0 Å². The number of benzene rings is 2. The molecule has 0 aliphatic carbocycles. The summed E-state index contributed by atoms with van der Waals surface area (Å²) in [6.45, 7) is 0.476. The van der Waals surface area contributed by atoms with Crippen LogP contribution >= 0.6 is 0 Å². The van der Waals surface area contributed by atoms with Crippen LogP contribution in [0, 0.1) is 0 Å². The number of nitrogens with one attached hydrogen (secondary N) is 2. The number of hydrogen-bond acceptors (Lipinski definition) is 4. The summed E-state index contributed by atoms with van der Waals surface area (Å²) in [5.41, 5.74) is 4.19. The lowest BCUT2D eigenvalue weighted by Crippen LogP contribution is -2.37. The van der Waals surface area contributed by atoms with E-state index < -0.39 is 0 Å². The molecular weight excluding hydrogens is 364 g/mol. The molecule has 3 heterocycles. The van der Waals surface area contributed by atoms with E-state index >= 15 is 0 Å². The van der Waals surface area contributed by atoms with Gasteiger partial charge in [0.2, 0.25) is 0 Å². The quantitative estimate of drug-likeness (QED) is 0.562. The number of ether oxygens (including phenoxy) is 1. The second kappa shape index (κ2) is 7.39. The molecule has 0 radical (unpaired) electrons. The molecule has 0 saturated heterocycles. The number of carbonyl (C=O) groups excluding carboxylic acids is 1. The third-order valence-corrected chi connectivity index (χ3v) is 5.22. The van der Waals surface area contributed by atoms with E-state index in [2.05, 4.69) is 26.6 Å². The van der Waals surface area contributed by atoms with Crippen molar-refractivity contribution in [3.63, 3.8) is 0 Å². The standard InChI is InChI=1S/C23H20N4O2/c28-23(25-14-17-10-8-15-5-1-2-7-21(15)29-17)16-9-11-19-18(13-16)22(27-26-19)20-6-3-4-12-24-20/h1-7,9,11-13,17H,8,10,14H2,(H,25,28)(H,26,27). The zero-order valence-electron chi connectivity index (χ0n) is 15.8. The Balaban J connectivity index is 1.31. The van der Waals surface area contributed by atoms with Gasteiger partial charge in [0, 0.05) is 17.1 Å². The Morgan fingerprint density at radius 2 is 2.03 bits per heavy atom. The van der Waals surface area contributed by atoms with Gasteiger partial charge < -0.3 is 10.1 Å². The number of nitrogens with zero attached hydrogens (tertiary/aromatic N) is 2. The highest BCUT2D eigenvalue weighted by Crippen LogP contribution is 2.27. The fourth-order valence-electron chi connectivity index (χ4n) is 3.69. The summed E-state index contributed by atoms with van der Waals surface area (Å²) in [5.74, 6) is 0.792. The largest absolute Gasteiger partial charge is 0.488 e. The van der Waals surface area contributed by atoms with E-state index in [1.54, 1.807) is 12.3 Å². The normalized spacial score (nSPS) is 15.5. The van der Waals surface area contributed by atoms with Crippen molar-refractivity contribution in [1.29, 1.82) is 0 Å². The third-order valence-electron chi connectivity index (χ3n) is 5.22. The molecule has 1 atom stereocenters. The molecule has 144 valence electrons. The second-order valence-corrected chi connectivity index (χ2v) is 7.14. The van der Waals surface area contributed by atoms with Crippen LogP contribution < -0.4 is 10.1 Å². The average Bonchev–Trinajstić information content (AvgIpc) is 3.21. The van der Waals surface area contributed by atoms with Gasteiger partial charge in [-0.15, -0.1) is 0 Å². The third kappa shape index (κ3) is 3.45. The summed E-state index contributed by atoms with van der Waals surface area (Å²) in [7, 11) is 0.